The molecular formula is C15H21ClFN. The molecule has 1 aliphatic carbocycles. The van der Waals surface area contributed by atoms with Crippen LogP contribution in [0.15, 0.2) is 18.2 Å². The van der Waals surface area contributed by atoms with Crippen LogP contribution in [0.4, 0.5) is 4.39 Å². The van der Waals surface area contributed by atoms with Gasteiger partial charge in [-0.1, -0.05) is 24.9 Å². The molecular weight excluding hydrogens is 249 g/mol. The number of hydrogen-bond donors (Lipinski definition) is 1. The molecule has 1 saturated carbocycles. The summed E-state index contributed by atoms with van der Waals surface area (Å²) in [6.07, 6.45) is 4.33. The van der Waals surface area contributed by atoms with Gasteiger partial charge in [-0.3, -0.25) is 0 Å². The van der Waals surface area contributed by atoms with Crippen molar-refractivity contribution < 1.29 is 4.39 Å². The second-order valence-corrected chi connectivity index (χ2v) is 6.05. The van der Waals surface area contributed by atoms with Gasteiger partial charge in [0.25, 0.3) is 0 Å². The van der Waals surface area contributed by atoms with Crippen LogP contribution >= 0.6 is 11.6 Å². The van der Waals surface area contributed by atoms with Gasteiger partial charge in [-0.05, 0) is 67.3 Å². The Morgan fingerprint density at radius 1 is 1.33 bits per heavy atom. The Kier molecular flexibility index (Phi) is 4.63. The summed E-state index contributed by atoms with van der Waals surface area (Å²) in [5, 5.41) is 0.611. The van der Waals surface area contributed by atoms with E-state index in [0.717, 1.165) is 24.3 Å². The predicted molar refractivity (Wildman–Crippen MR) is 74.2 cm³/mol. The van der Waals surface area contributed by atoms with E-state index in [1.165, 1.54) is 18.9 Å². The van der Waals surface area contributed by atoms with Gasteiger partial charge in [0.05, 0.1) is 0 Å². The SMILES string of the molecule is CC1CCC(CN)C(Cc2cc(Cl)ccc2F)C1. The molecule has 0 bridgehead atoms. The quantitative estimate of drug-likeness (QED) is 0.881. The highest BCUT2D eigenvalue weighted by Gasteiger charge is 2.28. The Hall–Kier alpha value is -0.600. The third kappa shape index (κ3) is 3.24. The van der Waals surface area contributed by atoms with Crippen LogP contribution in [0.3, 0.4) is 0 Å². The topological polar surface area (TPSA) is 26.0 Å². The summed E-state index contributed by atoms with van der Waals surface area (Å²) in [6, 6.07) is 4.81. The van der Waals surface area contributed by atoms with E-state index in [2.05, 4.69) is 6.92 Å². The van der Waals surface area contributed by atoms with Crippen LogP contribution in [0.25, 0.3) is 0 Å². The van der Waals surface area contributed by atoms with Gasteiger partial charge in [-0.2, -0.15) is 0 Å². The average Bonchev–Trinajstić information content (AvgIpc) is 2.34. The van der Waals surface area contributed by atoms with Crippen molar-refractivity contribution >= 4 is 11.6 Å². The molecule has 0 heterocycles. The lowest BCUT2D eigenvalue weighted by Crippen LogP contribution is -2.31. The Morgan fingerprint density at radius 2 is 2.11 bits per heavy atom. The Morgan fingerprint density at radius 3 is 2.83 bits per heavy atom. The lowest BCUT2D eigenvalue weighted by atomic mass is 9.72. The Balaban J connectivity index is 2.12. The van der Waals surface area contributed by atoms with Gasteiger partial charge in [0.1, 0.15) is 5.82 Å². The summed E-state index contributed by atoms with van der Waals surface area (Å²) < 4.78 is 13.8. The average molecular weight is 270 g/mol. The number of rotatable bonds is 3. The van der Waals surface area contributed by atoms with Gasteiger partial charge in [0.15, 0.2) is 0 Å². The van der Waals surface area contributed by atoms with Crippen LogP contribution in [0.5, 0.6) is 0 Å². The van der Waals surface area contributed by atoms with E-state index >= 15 is 0 Å². The van der Waals surface area contributed by atoms with Crippen molar-refractivity contribution in [1.82, 2.24) is 0 Å². The molecule has 0 saturated heterocycles. The molecule has 18 heavy (non-hydrogen) atoms. The summed E-state index contributed by atoms with van der Waals surface area (Å²) in [5.41, 5.74) is 6.58. The minimum atomic E-state index is -0.145. The second-order valence-electron chi connectivity index (χ2n) is 5.61. The van der Waals surface area contributed by atoms with Crippen LogP contribution in [-0.2, 0) is 6.42 Å². The molecule has 3 unspecified atom stereocenters. The van der Waals surface area contributed by atoms with Gasteiger partial charge in [-0.15, -0.1) is 0 Å². The Labute approximate surface area is 114 Å². The third-order valence-corrected chi connectivity index (χ3v) is 4.43. The molecule has 3 heteroatoms. The molecule has 1 nitrogen and oxygen atoms in total. The standard InChI is InChI=1S/C15H21ClFN/c1-10-2-3-11(9-18)12(6-10)7-13-8-14(16)4-5-15(13)17/h4-5,8,10-12H,2-3,6-7,9,18H2,1H3. The van der Waals surface area contributed by atoms with E-state index in [0.29, 0.717) is 23.4 Å². The molecule has 3 atom stereocenters. The van der Waals surface area contributed by atoms with Crippen molar-refractivity contribution in [3.8, 4) is 0 Å². The number of benzene rings is 1. The van der Waals surface area contributed by atoms with Crippen LogP contribution < -0.4 is 5.73 Å². The molecule has 2 N–H and O–H groups in total. The molecule has 1 fully saturated rings. The minimum absolute atomic E-state index is 0.145. The van der Waals surface area contributed by atoms with Gasteiger partial charge >= 0.3 is 0 Å². The second kappa shape index (κ2) is 6.03. The highest BCUT2D eigenvalue weighted by atomic mass is 35.5. The van der Waals surface area contributed by atoms with Gasteiger partial charge < -0.3 is 5.73 Å². The Bertz CT molecular complexity index is 407. The van der Waals surface area contributed by atoms with Crippen molar-refractivity contribution in [3.05, 3.63) is 34.6 Å². The zero-order chi connectivity index (χ0) is 13.1. The fourth-order valence-electron chi connectivity index (χ4n) is 3.10. The van der Waals surface area contributed by atoms with Crippen LogP contribution in [0.2, 0.25) is 5.02 Å². The number of halogens is 2. The lowest BCUT2D eigenvalue weighted by Gasteiger charge is -2.34. The maximum Gasteiger partial charge on any atom is 0.126 e. The maximum atomic E-state index is 13.8. The van der Waals surface area contributed by atoms with E-state index in [1.54, 1.807) is 12.1 Å². The predicted octanol–water partition coefficient (Wildman–Crippen LogP) is 4.03. The van der Waals surface area contributed by atoms with Crippen molar-refractivity contribution in [2.45, 2.75) is 32.6 Å². The first kappa shape index (κ1) is 13.8. The molecule has 1 aromatic carbocycles. The molecule has 100 valence electrons. The first-order chi connectivity index (χ1) is 8.60. The minimum Gasteiger partial charge on any atom is -0.330 e. The van der Waals surface area contributed by atoms with Crippen molar-refractivity contribution in [2.24, 2.45) is 23.5 Å². The zero-order valence-electron chi connectivity index (χ0n) is 10.8. The summed E-state index contributed by atoms with van der Waals surface area (Å²) in [4.78, 5) is 0. The van der Waals surface area contributed by atoms with Gasteiger partial charge in [-0.25, -0.2) is 4.39 Å². The number of nitrogens with two attached hydrogens (primary N) is 1. The van der Waals surface area contributed by atoms with Crippen molar-refractivity contribution in [2.75, 3.05) is 6.54 Å². The van der Waals surface area contributed by atoms with Crippen LogP contribution in [-0.4, -0.2) is 6.54 Å². The molecule has 2 rings (SSSR count). The lowest BCUT2D eigenvalue weighted by molar-refractivity contribution is 0.192. The normalized spacial score (nSPS) is 28.3. The first-order valence-corrected chi connectivity index (χ1v) is 7.12. The molecule has 1 aliphatic rings. The monoisotopic (exact) mass is 269 g/mol. The van der Waals surface area contributed by atoms with Crippen molar-refractivity contribution in [1.29, 1.82) is 0 Å². The molecule has 0 spiro atoms. The molecule has 0 radical (unpaired) electrons. The summed E-state index contributed by atoms with van der Waals surface area (Å²) in [7, 11) is 0. The van der Waals surface area contributed by atoms with E-state index in [-0.39, 0.29) is 5.82 Å². The molecule has 0 aliphatic heterocycles. The molecule has 1 aromatic rings. The van der Waals surface area contributed by atoms with E-state index in [9.17, 15) is 4.39 Å². The number of hydrogen-bond acceptors (Lipinski definition) is 1. The maximum absolute atomic E-state index is 13.8. The molecule has 0 amide bonds. The fraction of sp³-hybridized carbons (Fsp3) is 0.600. The zero-order valence-corrected chi connectivity index (χ0v) is 11.6. The van der Waals surface area contributed by atoms with Crippen LogP contribution in [0, 0.1) is 23.6 Å². The highest BCUT2D eigenvalue weighted by Crippen LogP contribution is 2.36. The van der Waals surface area contributed by atoms with Crippen molar-refractivity contribution in [3.63, 3.8) is 0 Å². The fourth-order valence-corrected chi connectivity index (χ4v) is 3.30. The van der Waals surface area contributed by atoms with E-state index in [1.807, 2.05) is 0 Å². The highest BCUT2D eigenvalue weighted by molar-refractivity contribution is 6.30. The summed E-state index contributed by atoms with van der Waals surface area (Å²) in [6.45, 7) is 2.98. The summed E-state index contributed by atoms with van der Waals surface area (Å²) >= 11 is 5.94. The third-order valence-electron chi connectivity index (χ3n) is 4.19. The smallest absolute Gasteiger partial charge is 0.126 e. The van der Waals surface area contributed by atoms with Gasteiger partial charge in [0, 0.05) is 5.02 Å². The summed E-state index contributed by atoms with van der Waals surface area (Å²) in [5.74, 6) is 1.60. The largest absolute Gasteiger partial charge is 0.330 e. The van der Waals surface area contributed by atoms with Gasteiger partial charge in [0.2, 0.25) is 0 Å². The first-order valence-electron chi connectivity index (χ1n) is 6.74. The van der Waals surface area contributed by atoms with E-state index in [4.69, 9.17) is 17.3 Å². The molecule has 0 aromatic heterocycles. The van der Waals surface area contributed by atoms with Crippen LogP contribution in [0.1, 0.15) is 31.7 Å². The van der Waals surface area contributed by atoms with E-state index < -0.39 is 0 Å².